The van der Waals surface area contributed by atoms with Gasteiger partial charge in [-0.25, -0.2) is 4.98 Å². The molecule has 2 saturated heterocycles. The Bertz CT molecular complexity index is 1080. The summed E-state index contributed by atoms with van der Waals surface area (Å²) >= 11 is 0. The van der Waals surface area contributed by atoms with Gasteiger partial charge in [0.05, 0.1) is 12.2 Å². The molecule has 1 aromatic heterocycles. The first-order chi connectivity index (χ1) is 16.4. The van der Waals surface area contributed by atoms with Crippen molar-refractivity contribution in [3.8, 4) is 0 Å². The molecule has 0 bridgehead atoms. The van der Waals surface area contributed by atoms with Gasteiger partial charge in [-0.15, -0.1) is 0 Å². The molecular formula is C26H34N6O2. The molecule has 2 aromatic rings. The van der Waals surface area contributed by atoms with E-state index in [9.17, 15) is 9.59 Å². The highest BCUT2D eigenvalue weighted by molar-refractivity contribution is 5.95. The van der Waals surface area contributed by atoms with Crippen LogP contribution in [0.4, 0.5) is 5.82 Å². The van der Waals surface area contributed by atoms with Crippen LogP contribution < -0.4 is 5.32 Å². The Labute approximate surface area is 201 Å². The largest absolute Gasteiger partial charge is 0.382 e. The van der Waals surface area contributed by atoms with Gasteiger partial charge in [0.2, 0.25) is 11.8 Å². The van der Waals surface area contributed by atoms with Crippen LogP contribution in [-0.4, -0.2) is 85.0 Å². The molecule has 0 radical (unpaired) electrons. The number of amides is 2. The van der Waals surface area contributed by atoms with Gasteiger partial charge in [0.1, 0.15) is 5.82 Å². The van der Waals surface area contributed by atoms with E-state index in [1.165, 1.54) is 12.8 Å². The number of fused-ring (bicyclic) bond motifs is 1. The van der Waals surface area contributed by atoms with Crippen LogP contribution in [0.15, 0.2) is 41.7 Å². The number of hydrogen-bond acceptors (Lipinski definition) is 6. The molecule has 180 valence electrons. The molecule has 34 heavy (non-hydrogen) atoms. The molecule has 4 rings (SSSR count). The minimum absolute atomic E-state index is 0.0319. The monoisotopic (exact) mass is 462 g/mol. The number of aliphatic imine (C=N–C) groups is 1. The van der Waals surface area contributed by atoms with Crippen molar-refractivity contribution in [2.75, 3.05) is 52.1 Å². The number of rotatable bonds is 7. The Morgan fingerprint density at radius 3 is 2.56 bits per heavy atom. The molecule has 1 aromatic carbocycles. The Morgan fingerprint density at radius 2 is 1.88 bits per heavy atom. The third kappa shape index (κ3) is 5.80. The SMILES string of the molecule is C=N/C(=C\N(C)C)c1ccc2cnc(NC(=O)C3CCN(C(=O)CN4CCCC4)CC3)cc2c1. The molecule has 1 N–H and O–H groups in total. The number of likely N-dealkylation sites (tertiary alicyclic amines) is 2. The van der Waals surface area contributed by atoms with E-state index in [1.54, 1.807) is 6.20 Å². The fourth-order valence-corrected chi connectivity index (χ4v) is 4.67. The van der Waals surface area contributed by atoms with Gasteiger partial charge in [-0.05, 0) is 63.0 Å². The van der Waals surface area contributed by atoms with E-state index in [0.717, 1.165) is 35.1 Å². The van der Waals surface area contributed by atoms with Crippen LogP contribution in [0.2, 0.25) is 0 Å². The Kier molecular flexibility index (Phi) is 7.57. The molecule has 0 unspecified atom stereocenters. The predicted molar refractivity (Wildman–Crippen MR) is 137 cm³/mol. The van der Waals surface area contributed by atoms with Crippen LogP contribution in [0.5, 0.6) is 0 Å². The molecule has 2 aliphatic heterocycles. The van der Waals surface area contributed by atoms with E-state index in [2.05, 4.69) is 26.9 Å². The van der Waals surface area contributed by atoms with Gasteiger partial charge in [0.15, 0.2) is 0 Å². The van der Waals surface area contributed by atoms with Gasteiger partial charge in [-0.3, -0.25) is 19.5 Å². The maximum absolute atomic E-state index is 12.9. The smallest absolute Gasteiger partial charge is 0.236 e. The second-order valence-electron chi connectivity index (χ2n) is 9.40. The number of hydrogen-bond donors (Lipinski definition) is 1. The summed E-state index contributed by atoms with van der Waals surface area (Å²) in [5, 5.41) is 4.94. The summed E-state index contributed by atoms with van der Waals surface area (Å²) < 4.78 is 0. The minimum atomic E-state index is -0.112. The number of piperidine rings is 1. The van der Waals surface area contributed by atoms with E-state index in [4.69, 9.17) is 0 Å². The maximum atomic E-state index is 12.9. The van der Waals surface area contributed by atoms with Crippen molar-refractivity contribution in [2.45, 2.75) is 25.7 Å². The number of anilines is 1. The van der Waals surface area contributed by atoms with Gasteiger partial charge in [-0.1, -0.05) is 12.1 Å². The summed E-state index contributed by atoms with van der Waals surface area (Å²) in [5.74, 6) is 0.575. The first-order valence-electron chi connectivity index (χ1n) is 12.0. The summed E-state index contributed by atoms with van der Waals surface area (Å²) in [5.41, 5.74) is 1.73. The minimum Gasteiger partial charge on any atom is -0.382 e. The van der Waals surface area contributed by atoms with Crippen molar-refractivity contribution in [3.05, 3.63) is 42.2 Å². The molecule has 0 aliphatic carbocycles. The van der Waals surface area contributed by atoms with E-state index in [-0.39, 0.29) is 17.7 Å². The summed E-state index contributed by atoms with van der Waals surface area (Å²) in [4.78, 5) is 40.1. The molecule has 0 spiro atoms. The Balaban J connectivity index is 1.37. The number of carbonyl (C=O) groups excluding carboxylic acids is 2. The average molecular weight is 463 g/mol. The molecule has 8 nitrogen and oxygen atoms in total. The van der Waals surface area contributed by atoms with Crippen LogP contribution in [0.1, 0.15) is 31.2 Å². The maximum Gasteiger partial charge on any atom is 0.236 e. The Morgan fingerprint density at radius 1 is 1.15 bits per heavy atom. The third-order valence-electron chi connectivity index (χ3n) is 6.60. The molecule has 2 amide bonds. The molecular weight excluding hydrogens is 428 g/mol. The van der Waals surface area contributed by atoms with E-state index < -0.39 is 0 Å². The highest BCUT2D eigenvalue weighted by Gasteiger charge is 2.28. The normalized spacial score (nSPS) is 17.7. The van der Waals surface area contributed by atoms with Crippen LogP contribution in [0, 0.1) is 5.92 Å². The zero-order valence-electron chi connectivity index (χ0n) is 20.2. The number of carbonyl (C=O) groups is 2. The third-order valence-corrected chi connectivity index (χ3v) is 6.60. The first kappa shape index (κ1) is 23.9. The van der Waals surface area contributed by atoms with E-state index in [0.29, 0.717) is 38.3 Å². The number of pyridine rings is 1. The van der Waals surface area contributed by atoms with Crippen molar-refractivity contribution in [1.82, 2.24) is 19.7 Å². The highest BCUT2D eigenvalue weighted by atomic mass is 16.2. The van der Waals surface area contributed by atoms with E-state index in [1.807, 2.05) is 54.4 Å². The summed E-state index contributed by atoms with van der Waals surface area (Å²) in [6.45, 7) is 7.49. The molecule has 3 heterocycles. The van der Waals surface area contributed by atoms with Gasteiger partial charge < -0.3 is 15.1 Å². The highest BCUT2D eigenvalue weighted by Crippen LogP contribution is 2.25. The van der Waals surface area contributed by atoms with Crippen LogP contribution in [0.25, 0.3) is 16.5 Å². The molecule has 0 atom stereocenters. The molecule has 8 heteroatoms. The van der Waals surface area contributed by atoms with Crippen molar-refractivity contribution in [3.63, 3.8) is 0 Å². The standard InChI is InChI=1S/C26H34N6O2/c1-27-23(17-30(2)3)20-6-7-21-16-28-24(15-22(21)14-20)29-26(34)19-8-12-32(13-9-19)25(33)18-31-10-4-5-11-31/h6-7,14-17,19H,1,4-5,8-13,18H2,2-3H3,(H,28,29,34)/b23-17-. The topological polar surface area (TPSA) is 81.1 Å². The molecule has 2 aliphatic rings. The predicted octanol–water partition coefficient (Wildman–Crippen LogP) is 3.07. The van der Waals surface area contributed by atoms with Crippen molar-refractivity contribution < 1.29 is 9.59 Å². The van der Waals surface area contributed by atoms with Crippen molar-refractivity contribution in [1.29, 1.82) is 0 Å². The lowest BCUT2D eigenvalue weighted by molar-refractivity contribution is -0.135. The fourth-order valence-electron chi connectivity index (χ4n) is 4.67. The van der Waals surface area contributed by atoms with E-state index >= 15 is 0 Å². The van der Waals surface area contributed by atoms with Crippen molar-refractivity contribution >= 4 is 40.8 Å². The second-order valence-corrected chi connectivity index (χ2v) is 9.40. The van der Waals surface area contributed by atoms with Gasteiger partial charge >= 0.3 is 0 Å². The number of aromatic nitrogens is 1. The lowest BCUT2D eigenvalue weighted by Crippen LogP contribution is -2.45. The number of nitrogens with one attached hydrogen (secondary N) is 1. The number of benzene rings is 1. The van der Waals surface area contributed by atoms with Crippen LogP contribution in [0.3, 0.4) is 0 Å². The van der Waals surface area contributed by atoms with Crippen molar-refractivity contribution in [2.24, 2.45) is 10.9 Å². The van der Waals surface area contributed by atoms with Crippen LogP contribution in [-0.2, 0) is 9.59 Å². The zero-order chi connectivity index (χ0) is 24.1. The lowest BCUT2D eigenvalue weighted by atomic mass is 9.96. The van der Waals surface area contributed by atoms with Crippen LogP contribution >= 0.6 is 0 Å². The average Bonchev–Trinajstić information content (AvgIpc) is 3.35. The van der Waals surface area contributed by atoms with Gasteiger partial charge in [0, 0.05) is 56.4 Å². The lowest BCUT2D eigenvalue weighted by Gasteiger charge is -2.32. The summed E-state index contributed by atoms with van der Waals surface area (Å²) in [6, 6.07) is 7.90. The quantitative estimate of drug-likeness (QED) is 0.640. The van der Waals surface area contributed by atoms with Gasteiger partial charge in [-0.2, -0.15) is 0 Å². The molecule has 0 saturated carbocycles. The first-order valence-corrected chi connectivity index (χ1v) is 12.0. The van der Waals surface area contributed by atoms with Gasteiger partial charge in [0.25, 0.3) is 0 Å². The summed E-state index contributed by atoms with van der Waals surface area (Å²) in [7, 11) is 3.88. The zero-order valence-corrected chi connectivity index (χ0v) is 20.2. The summed E-state index contributed by atoms with van der Waals surface area (Å²) in [6.07, 6.45) is 7.40. The Hall–Kier alpha value is -3.26. The molecule has 2 fully saturated rings. The number of nitrogens with zero attached hydrogens (tertiary/aromatic N) is 5. The fraction of sp³-hybridized carbons (Fsp3) is 0.462. The second kappa shape index (κ2) is 10.8.